The topological polar surface area (TPSA) is 68.3 Å². The number of nitrogens with one attached hydrogen (secondary N) is 1. The van der Waals surface area contributed by atoms with Crippen molar-refractivity contribution in [1.82, 2.24) is 4.98 Å². The third-order valence-electron chi connectivity index (χ3n) is 3.37. The molecule has 0 unspecified atom stereocenters. The maximum Gasteiger partial charge on any atom is 0.306 e. The van der Waals surface area contributed by atoms with E-state index < -0.39 is 5.97 Å². The molecule has 3 rings (SSSR count). The number of esters is 1. The first kappa shape index (κ1) is 17.6. The Hall–Kier alpha value is -2.25. The first-order valence-electron chi connectivity index (χ1n) is 7.65. The second-order valence-electron chi connectivity index (χ2n) is 5.29. The highest BCUT2D eigenvalue weighted by atomic mass is 79.9. The van der Waals surface area contributed by atoms with Crippen LogP contribution in [0, 0.1) is 0 Å². The van der Waals surface area contributed by atoms with Crippen LogP contribution in [-0.4, -0.2) is 23.5 Å². The lowest BCUT2D eigenvalue weighted by atomic mass is 10.3. The summed E-state index contributed by atoms with van der Waals surface area (Å²) in [6.07, 6.45) is 0.706. The van der Waals surface area contributed by atoms with E-state index in [0.717, 1.165) is 19.7 Å². The van der Waals surface area contributed by atoms with Crippen molar-refractivity contribution in [3.8, 4) is 0 Å². The van der Waals surface area contributed by atoms with Crippen molar-refractivity contribution in [1.29, 1.82) is 0 Å². The molecule has 7 heteroatoms. The Morgan fingerprint density at radius 2 is 1.88 bits per heavy atom. The minimum Gasteiger partial charge on any atom is -0.456 e. The fourth-order valence-corrected chi connectivity index (χ4v) is 3.42. The molecule has 2 aromatic carbocycles. The van der Waals surface area contributed by atoms with Crippen LogP contribution < -0.4 is 5.32 Å². The minimum atomic E-state index is -0.412. The standard InChI is InChI=1S/C18H15BrN2O3S/c19-12-5-7-13(8-6-12)20-16(22)11-24-18(23)10-9-17-21-14-3-1-2-4-15(14)25-17/h1-8H,9-11H2,(H,20,22). The van der Waals surface area contributed by atoms with Gasteiger partial charge in [-0.05, 0) is 36.4 Å². The van der Waals surface area contributed by atoms with Crippen LogP contribution in [-0.2, 0) is 20.7 Å². The third-order valence-corrected chi connectivity index (χ3v) is 5.00. The van der Waals surface area contributed by atoms with Gasteiger partial charge in [-0.3, -0.25) is 9.59 Å². The SMILES string of the molecule is O=C(COC(=O)CCc1nc2ccccc2s1)Nc1ccc(Br)cc1. The fourth-order valence-electron chi connectivity index (χ4n) is 2.18. The molecule has 1 N–H and O–H groups in total. The molecule has 0 radical (unpaired) electrons. The highest BCUT2D eigenvalue weighted by molar-refractivity contribution is 9.10. The largest absolute Gasteiger partial charge is 0.456 e. The quantitative estimate of drug-likeness (QED) is 0.609. The van der Waals surface area contributed by atoms with Gasteiger partial charge < -0.3 is 10.1 Å². The maximum absolute atomic E-state index is 11.8. The predicted octanol–water partition coefficient (Wildman–Crippen LogP) is 4.17. The van der Waals surface area contributed by atoms with E-state index in [1.54, 1.807) is 23.5 Å². The van der Waals surface area contributed by atoms with Crippen LogP contribution in [0.2, 0.25) is 0 Å². The Balaban J connectivity index is 1.43. The molecule has 3 aromatic rings. The summed E-state index contributed by atoms with van der Waals surface area (Å²) in [7, 11) is 0. The zero-order valence-corrected chi connectivity index (χ0v) is 15.6. The summed E-state index contributed by atoms with van der Waals surface area (Å²) in [6.45, 7) is -0.297. The second kappa shape index (κ2) is 8.22. The molecular weight excluding hydrogens is 404 g/mol. The van der Waals surface area contributed by atoms with Gasteiger partial charge in [-0.2, -0.15) is 0 Å². The average molecular weight is 419 g/mol. The number of anilines is 1. The number of nitrogens with zero attached hydrogens (tertiary/aromatic N) is 1. The second-order valence-corrected chi connectivity index (χ2v) is 7.32. The third kappa shape index (κ3) is 5.11. The van der Waals surface area contributed by atoms with Gasteiger partial charge in [0.1, 0.15) is 0 Å². The number of thiazole rings is 1. The van der Waals surface area contributed by atoms with Crippen LogP contribution in [0.3, 0.4) is 0 Å². The lowest BCUT2D eigenvalue weighted by molar-refractivity contribution is -0.147. The monoisotopic (exact) mass is 418 g/mol. The summed E-state index contributed by atoms with van der Waals surface area (Å²) in [5.74, 6) is -0.777. The number of aryl methyl sites for hydroxylation is 1. The smallest absolute Gasteiger partial charge is 0.306 e. The maximum atomic E-state index is 11.8. The van der Waals surface area contributed by atoms with Crippen molar-refractivity contribution in [2.75, 3.05) is 11.9 Å². The predicted molar refractivity (Wildman–Crippen MR) is 102 cm³/mol. The van der Waals surface area contributed by atoms with E-state index in [4.69, 9.17) is 4.74 Å². The molecule has 25 heavy (non-hydrogen) atoms. The summed E-state index contributed by atoms with van der Waals surface area (Å²) in [5.41, 5.74) is 1.59. The van der Waals surface area contributed by atoms with E-state index >= 15 is 0 Å². The molecule has 0 aliphatic carbocycles. The van der Waals surface area contributed by atoms with Crippen LogP contribution in [0.4, 0.5) is 5.69 Å². The van der Waals surface area contributed by atoms with E-state index in [9.17, 15) is 9.59 Å². The lowest BCUT2D eigenvalue weighted by Gasteiger charge is -2.06. The van der Waals surface area contributed by atoms with Crippen molar-refractivity contribution in [3.05, 3.63) is 58.0 Å². The van der Waals surface area contributed by atoms with Gasteiger partial charge in [-0.1, -0.05) is 28.1 Å². The number of carbonyl (C=O) groups is 2. The number of ether oxygens (including phenoxy) is 1. The molecule has 0 bridgehead atoms. The molecular formula is C18H15BrN2O3S. The number of hydrogen-bond donors (Lipinski definition) is 1. The van der Waals surface area contributed by atoms with Gasteiger partial charge in [-0.15, -0.1) is 11.3 Å². The molecule has 0 spiro atoms. The van der Waals surface area contributed by atoms with Crippen LogP contribution >= 0.6 is 27.3 Å². The van der Waals surface area contributed by atoms with Crippen LogP contribution in [0.25, 0.3) is 10.2 Å². The Morgan fingerprint density at radius 1 is 1.12 bits per heavy atom. The molecule has 0 atom stereocenters. The van der Waals surface area contributed by atoms with E-state index in [-0.39, 0.29) is 18.9 Å². The molecule has 128 valence electrons. The van der Waals surface area contributed by atoms with E-state index in [1.165, 1.54) is 0 Å². The van der Waals surface area contributed by atoms with Crippen molar-refractivity contribution in [2.24, 2.45) is 0 Å². The molecule has 5 nitrogen and oxygen atoms in total. The van der Waals surface area contributed by atoms with Crippen molar-refractivity contribution in [3.63, 3.8) is 0 Å². The van der Waals surface area contributed by atoms with E-state index in [1.807, 2.05) is 36.4 Å². The highest BCUT2D eigenvalue weighted by Gasteiger charge is 2.10. The summed E-state index contributed by atoms with van der Waals surface area (Å²) in [5, 5.41) is 3.56. The van der Waals surface area contributed by atoms with Crippen molar-refractivity contribution < 1.29 is 14.3 Å². The van der Waals surface area contributed by atoms with E-state index in [0.29, 0.717) is 12.1 Å². The Bertz CT molecular complexity index is 860. The molecule has 0 fully saturated rings. The van der Waals surface area contributed by atoms with Crippen LogP contribution in [0.15, 0.2) is 53.0 Å². The Morgan fingerprint density at radius 3 is 2.64 bits per heavy atom. The van der Waals surface area contributed by atoms with Crippen molar-refractivity contribution >= 4 is 55.0 Å². The average Bonchev–Trinajstić information content (AvgIpc) is 3.03. The van der Waals surface area contributed by atoms with Gasteiger partial charge in [0, 0.05) is 16.6 Å². The number of benzene rings is 2. The van der Waals surface area contributed by atoms with Gasteiger partial charge in [0.2, 0.25) is 0 Å². The number of carbonyl (C=O) groups excluding carboxylic acids is 2. The molecule has 1 heterocycles. The van der Waals surface area contributed by atoms with Gasteiger partial charge in [0.15, 0.2) is 6.61 Å². The molecule has 0 saturated heterocycles. The molecule has 0 aliphatic heterocycles. The van der Waals surface area contributed by atoms with E-state index in [2.05, 4.69) is 26.2 Å². The summed E-state index contributed by atoms with van der Waals surface area (Å²) in [6, 6.07) is 15.0. The lowest BCUT2D eigenvalue weighted by Crippen LogP contribution is -2.21. The zero-order chi connectivity index (χ0) is 17.6. The number of hydrogen-bond acceptors (Lipinski definition) is 5. The molecule has 0 aliphatic rings. The normalized spacial score (nSPS) is 10.6. The van der Waals surface area contributed by atoms with Gasteiger partial charge in [0.25, 0.3) is 5.91 Å². The minimum absolute atomic E-state index is 0.200. The number of fused-ring (bicyclic) bond motifs is 1. The van der Waals surface area contributed by atoms with Gasteiger partial charge in [-0.25, -0.2) is 4.98 Å². The van der Waals surface area contributed by atoms with Crippen LogP contribution in [0.5, 0.6) is 0 Å². The molecule has 1 amide bonds. The summed E-state index contributed by atoms with van der Waals surface area (Å²) >= 11 is 4.89. The molecule has 1 aromatic heterocycles. The zero-order valence-electron chi connectivity index (χ0n) is 13.2. The highest BCUT2D eigenvalue weighted by Crippen LogP contribution is 2.22. The first-order valence-corrected chi connectivity index (χ1v) is 9.26. The first-order chi connectivity index (χ1) is 12.1. The van der Waals surface area contributed by atoms with Gasteiger partial charge in [0.05, 0.1) is 21.6 Å². The molecule has 0 saturated carbocycles. The number of halogens is 1. The van der Waals surface area contributed by atoms with Crippen LogP contribution in [0.1, 0.15) is 11.4 Å². The van der Waals surface area contributed by atoms with Gasteiger partial charge >= 0.3 is 5.97 Å². The Kier molecular flexibility index (Phi) is 5.78. The number of para-hydroxylation sites is 1. The number of amides is 1. The number of rotatable bonds is 6. The summed E-state index contributed by atoms with van der Waals surface area (Å²) < 4.78 is 7.03. The Labute approximate surface area is 157 Å². The summed E-state index contributed by atoms with van der Waals surface area (Å²) in [4.78, 5) is 28.1. The fraction of sp³-hybridized carbons (Fsp3) is 0.167. The number of aromatic nitrogens is 1. The van der Waals surface area contributed by atoms with Crippen molar-refractivity contribution in [2.45, 2.75) is 12.8 Å².